The summed E-state index contributed by atoms with van der Waals surface area (Å²) < 4.78 is 7.59. The van der Waals surface area contributed by atoms with E-state index in [0.29, 0.717) is 0 Å². The van der Waals surface area contributed by atoms with Gasteiger partial charge in [0, 0.05) is 22.7 Å². The molecule has 0 amide bonds. The molecule has 23 heavy (non-hydrogen) atoms. The first-order valence-corrected chi connectivity index (χ1v) is 7.94. The summed E-state index contributed by atoms with van der Waals surface area (Å²) in [4.78, 5) is 4.77. The third kappa shape index (κ3) is 2.39. The quantitative estimate of drug-likeness (QED) is 0.650. The molecule has 116 valence electrons. The molecule has 3 heterocycles. The van der Waals surface area contributed by atoms with Crippen LogP contribution in [0.4, 0.5) is 5.82 Å². The first-order valence-electron chi connectivity index (χ1n) is 7.56. The summed E-state index contributed by atoms with van der Waals surface area (Å²) in [6.45, 7) is 4.06. The van der Waals surface area contributed by atoms with Gasteiger partial charge in [0.2, 0.25) is 0 Å². The van der Waals surface area contributed by atoms with Crippen molar-refractivity contribution in [2.75, 3.05) is 0 Å². The molecule has 0 unspecified atom stereocenters. The lowest BCUT2D eigenvalue weighted by molar-refractivity contribution is 0.409. The van der Waals surface area contributed by atoms with Crippen molar-refractivity contribution >= 4 is 23.1 Å². The molecule has 0 saturated heterocycles. The predicted molar refractivity (Wildman–Crippen MR) is 91.6 cm³/mol. The highest BCUT2D eigenvalue weighted by atomic mass is 35.5. The van der Waals surface area contributed by atoms with Gasteiger partial charge in [-0.3, -0.25) is 0 Å². The van der Waals surface area contributed by atoms with Gasteiger partial charge in [0.1, 0.15) is 11.8 Å². The van der Waals surface area contributed by atoms with Gasteiger partial charge in [0.05, 0.1) is 12.0 Å². The van der Waals surface area contributed by atoms with E-state index in [4.69, 9.17) is 26.1 Å². The van der Waals surface area contributed by atoms with Gasteiger partial charge in [-0.15, -0.1) is 0 Å². The average molecular weight is 326 g/mol. The first-order chi connectivity index (χ1) is 11.1. The Labute approximate surface area is 139 Å². The number of fused-ring (bicyclic) bond motifs is 1. The number of hydrogen-bond donors (Lipinski definition) is 0. The second kappa shape index (κ2) is 5.39. The normalized spacial score (nSPS) is 17.0. The van der Waals surface area contributed by atoms with Crippen molar-refractivity contribution in [3.8, 4) is 11.1 Å². The minimum atomic E-state index is 0.0530. The van der Waals surface area contributed by atoms with Crippen molar-refractivity contribution < 1.29 is 4.42 Å². The van der Waals surface area contributed by atoms with E-state index in [2.05, 4.69) is 0 Å². The first kappa shape index (κ1) is 14.3. The molecule has 0 spiro atoms. The Morgan fingerprint density at radius 2 is 1.96 bits per heavy atom. The van der Waals surface area contributed by atoms with E-state index in [-0.39, 0.29) is 6.04 Å². The lowest BCUT2D eigenvalue weighted by atomic mass is 10.0. The van der Waals surface area contributed by atoms with Gasteiger partial charge < -0.3 is 4.42 Å². The number of aliphatic imine (C=N–C) groups is 1. The highest BCUT2D eigenvalue weighted by Crippen LogP contribution is 2.41. The van der Waals surface area contributed by atoms with Crippen molar-refractivity contribution in [3.05, 3.63) is 59.1 Å². The molecule has 1 aromatic carbocycles. The largest absolute Gasteiger partial charge is 0.467 e. The SMILES string of the molecule is CC1=Nc2c(-c3ccc(Cl)cc3)c(C)nn2[C@@H](c2ccco2)C1. The zero-order chi connectivity index (χ0) is 16.0. The van der Waals surface area contributed by atoms with Crippen LogP contribution in [0.3, 0.4) is 0 Å². The van der Waals surface area contributed by atoms with Gasteiger partial charge in [-0.25, -0.2) is 9.67 Å². The highest BCUT2D eigenvalue weighted by molar-refractivity contribution is 6.30. The summed E-state index contributed by atoms with van der Waals surface area (Å²) in [5.41, 5.74) is 4.16. The lowest BCUT2D eigenvalue weighted by Gasteiger charge is -2.21. The van der Waals surface area contributed by atoms with Crippen LogP contribution in [-0.2, 0) is 0 Å². The van der Waals surface area contributed by atoms with E-state index in [1.54, 1.807) is 6.26 Å². The van der Waals surface area contributed by atoms with Crippen molar-refractivity contribution in [2.45, 2.75) is 26.3 Å². The van der Waals surface area contributed by atoms with E-state index < -0.39 is 0 Å². The summed E-state index contributed by atoms with van der Waals surface area (Å²) in [5, 5.41) is 5.46. The fourth-order valence-electron chi connectivity index (χ4n) is 3.11. The maximum atomic E-state index is 6.01. The van der Waals surface area contributed by atoms with Crippen LogP contribution in [0.1, 0.15) is 30.8 Å². The van der Waals surface area contributed by atoms with Crippen LogP contribution in [0.2, 0.25) is 5.02 Å². The lowest BCUT2D eigenvalue weighted by Crippen LogP contribution is -2.18. The Morgan fingerprint density at radius 3 is 2.65 bits per heavy atom. The Balaban J connectivity index is 1.90. The van der Waals surface area contributed by atoms with Gasteiger partial charge in [-0.2, -0.15) is 5.10 Å². The van der Waals surface area contributed by atoms with Crippen LogP contribution >= 0.6 is 11.6 Å². The molecule has 0 N–H and O–H groups in total. The fraction of sp³-hybridized carbons (Fsp3) is 0.222. The van der Waals surface area contributed by atoms with Crippen LogP contribution in [0.5, 0.6) is 0 Å². The third-order valence-corrected chi connectivity index (χ3v) is 4.40. The topological polar surface area (TPSA) is 43.3 Å². The minimum Gasteiger partial charge on any atom is -0.467 e. The predicted octanol–water partition coefficient (Wildman–Crippen LogP) is 5.19. The second-order valence-corrected chi connectivity index (χ2v) is 6.25. The van der Waals surface area contributed by atoms with Crippen molar-refractivity contribution in [2.24, 2.45) is 4.99 Å². The molecule has 1 aliphatic rings. The smallest absolute Gasteiger partial charge is 0.159 e. The fourth-order valence-corrected chi connectivity index (χ4v) is 3.23. The Hall–Kier alpha value is -2.33. The van der Waals surface area contributed by atoms with Crippen LogP contribution in [0.25, 0.3) is 11.1 Å². The van der Waals surface area contributed by atoms with E-state index in [1.807, 2.05) is 54.9 Å². The second-order valence-electron chi connectivity index (χ2n) is 5.82. The highest BCUT2D eigenvalue weighted by Gasteiger charge is 2.29. The molecule has 1 atom stereocenters. The summed E-state index contributed by atoms with van der Waals surface area (Å²) in [6, 6.07) is 11.8. The molecule has 0 bridgehead atoms. The van der Waals surface area contributed by atoms with Gasteiger partial charge >= 0.3 is 0 Å². The van der Waals surface area contributed by atoms with E-state index in [0.717, 1.165) is 45.6 Å². The molecule has 4 rings (SSSR count). The standard InChI is InChI=1S/C18H16ClN3O/c1-11-10-15(16-4-3-9-23-16)22-18(20-11)17(12(2)21-22)13-5-7-14(19)8-6-13/h3-9,15H,10H2,1-2H3/t15-/m1/s1. The molecule has 0 aliphatic carbocycles. The van der Waals surface area contributed by atoms with Crippen LogP contribution in [0, 0.1) is 6.92 Å². The molecule has 0 fully saturated rings. The summed E-state index contributed by atoms with van der Waals surface area (Å²) in [5.74, 6) is 1.79. The van der Waals surface area contributed by atoms with Crippen LogP contribution in [0.15, 0.2) is 52.1 Å². The number of nitrogens with zero attached hydrogens (tertiary/aromatic N) is 3. The van der Waals surface area contributed by atoms with E-state index in [9.17, 15) is 0 Å². The van der Waals surface area contributed by atoms with Crippen LogP contribution < -0.4 is 0 Å². The molecule has 5 heteroatoms. The number of aryl methyl sites for hydroxylation is 1. The van der Waals surface area contributed by atoms with Crippen LogP contribution in [-0.4, -0.2) is 15.5 Å². The van der Waals surface area contributed by atoms with Crippen molar-refractivity contribution in [1.29, 1.82) is 0 Å². The van der Waals surface area contributed by atoms with Gasteiger partial charge in [0.15, 0.2) is 5.82 Å². The molecule has 4 nitrogen and oxygen atoms in total. The number of aromatic nitrogens is 2. The molecule has 3 aromatic rings. The molecule has 0 saturated carbocycles. The van der Waals surface area contributed by atoms with E-state index in [1.165, 1.54) is 0 Å². The summed E-state index contributed by atoms with van der Waals surface area (Å²) >= 11 is 6.01. The summed E-state index contributed by atoms with van der Waals surface area (Å²) in [7, 11) is 0. The van der Waals surface area contributed by atoms with E-state index >= 15 is 0 Å². The van der Waals surface area contributed by atoms with Gasteiger partial charge in [-0.05, 0) is 43.7 Å². The number of halogens is 1. The molecular formula is C18H16ClN3O. The average Bonchev–Trinajstić information content (AvgIpc) is 3.15. The van der Waals surface area contributed by atoms with Crippen molar-refractivity contribution in [3.63, 3.8) is 0 Å². The zero-order valence-electron chi connectivity index (χ0n) is 13.0. The van der Waals surface area contributed by atoms with Gasteiger partial charge in [0.25, 0.3) is 0 Å². The van der Waals surface area contributed by atoms with Gasteiger partial charge in [-0.1, -0.05) is 23.7 Å². The Morgan fingerprint density at radius 1 is 1.17 bits per heavy atom. The number of furan rings is 1. The molecular weight excluding hydrogens is 310 g/mol. The Bertz CT molecular complexity index is 876. The molecule has 0 radical (unpaired) electrons. The minimum absolute atomic E-state index is 0.0530. The maximum absolute atomic E-state index is 6.01. The Kier molecular flexibility index (Phi) is 3.34. The number of hydrogen-bond acceptors (Lipinski definition) is 3. The number of benzene rings is 1. The van der Waals surface area contributed by atoms with Crippen molar-refractivity contribution in [1.82, 2.24) is 9.78 Å². The maximum Gasteiger partial charge on any atom is 0.159 e. The molecule has 1 aliphatic heterocycles. The third-order valence-electron chi connectivity index (χ3n) is 4.15. The number of rotatable bonds is 2. The zero-order valence-corrected chi connectivity index (χ0v) is 13.7. The monoisotopic (exact) mass is 325 g/mol. The summed E-state index contributed by atoms with van der Waals surface area (Å²) in [6.07, 6.45) is 2.51. The molecule has 2 aromatic heterocycles.